The monoisotopic (exact) mass is 300 g/mol. The highest BCUT2D eigenvalue weighted by molar-refractivity contribution is 5.52. The van der Waals surface area contributed by atoms with Crippen LogP contribution in [0.25, 0.3) is 0 Å². The van der Waals surface area contributed by atoms with E-state index in [0.717, 1.165) is 38.4 Å². The molecule has 1 aromatic carbocycles. The lowest BCUT2D eigenvalue weighted by Gasteiger charge is -2.42. The van der Waals surface area contributed by atoms with Crippen molar-refractivity contribution in [1.29, 1.82) is 0 Å². The van der Waals surface area contributed by atoms with Crippen LogP contribution in [0.2, 0.25) is 0 Å². The number of rotatable bonds is 4. The second-order valence-electron chi connectivity index (χ2n) is 6.45. The second kappa shape index (κ2) is 5.37. The Morgan fingerprint density at radius 1 is 1.18 bits per heavy atom. The van der Waals surface area contributed by atoms with Crippen LogP contribution in [0.5, 0.6) is 0 Å². The molecule has 116 valence electrons. The van der Waals surface area contributed by atoms with E-state index in [1.54, 1.807) is 23.3 Å². The maximum absolute atomic E-state index is 10.7. The minimum atomic E-state index is -0.352. The summed E-state index contributed by atoms with van der Waals surface area (Å²) in [7, 11) is 0. The molecule has 0 aliphatic carbocycles. The van der Waals surface area contributed by atoms with Crippen molar-refractivity contribution in [2.75, 3.05) is 37.6 Å². The molecule has 1 saturated heterocycles. The summed E-state index contributed by atoms with van der Waals surface area (Å²) in [5.41, 5.74) is 4.40. The molecule has 4 rings (SSSR count). The molecule has 0 bridgehead atoms. The third-order valence-electron chi connectivity index (χ3n) is 5.04. The fraction of sp³-hybridized carbons (Fsp3) is 0.500. The van der Waals surface area contributed by atoms with Gasteiger partial charge in [-0.3, -0.25) is 10.1 Å². The first-order chi connectivity index (χ1) is 10.7. The van der Waals surface area contributed by atoms with Crippen molar-refractivity contribution in [3.8, 4) is 0 Å². The van der Waals surface area contributed by atoms with Gasteiger partial charge in [0.25, 0.3) is 5.69 Å². The standard InChI is InChI=1S/C16H20N4O2/c21-20(22)14-3-1-13(2-4-14)19-9-11(10-19)5-16-15-8-17-6-12(15)7-18-16/h1-4,11,16-18H,5-10H2. The summed E-state index contributed by atoms with van der Waals surface area (Å²) in [5.74, 6) is 0.708. The third kappa shape index (κ3) is 2.38. The van der Waals surface area contributed by atoms with Crippen LogP contribution in [0, 0.1) is 16.0 Å². The highest BCUT2D eigenvalue weighted by Gasteiger charge is 2.34. The summed E-state index contributed by atoms with van der Waals surface area (Å²) in [6, 6.07) is 7.42. The van der Waals surface area contributed by atoms with Gasteiger partial charge < -0.3 is 15.5 Å². The van der Waals surface area contributed by atoms with Crippen LogP contribution in [-0.2, 0) is 0 Å². The molecule has 0 aromatic heterocycles. The van der Waals surface area contributed by atoms with Gasteiger partial charge in [0.1, 0.15) is 0 Å². The maximum atomic E-state index is 10.7. The van der Waals surface area contributed by atoms with Gasteiger partial charge in [-0.15, -0.1) is 0 Å². The minimum Gasteiger partial charge on any atom is -0.371 e. The van der Waals surface area contributed by atoms with Crippen LogP contribution in [0.15, 0.2) is 35.4 Å². The number of hydrogen-bond acceptors (Lipinski definition) is 5. The Bertz CT molecular complexity index is 620. The lowest BCUT2D eigenvalue weighted by Crippen LogP contribution is -2.49. The van der Waals surface area contributed by atoms with Crippen molar-refractivity contribution in [3.05, 3.63) is 45.5 Å². The van der Waals surface area contributed by atoms with Gasteiger partial charge in [-0.2, -0.15) is 0 Å². The number of anilines is 1. The van der Waals surface area contributed by atoms with Crippen molar-refractivity contribution >= 4 is 11.4 Å². The van der Waals surface area contributed by atoms with Crippen LogP contribution < -0.4 is 15.5 Å². The van der Waals surface area contributed by atoms with Crippen molar-refractivity contribution < 1.29 is 4.92 Å². The Morgan fingerprint density at radius 3 is 2.68 bits per heavy atom. The first-order valence-electron chi connectivity index (χ1n) is 7.85. The Morgan fingerprint density at radius 2 is 1.95 bits per heavy atom. The van der Waals surface area contributed by atoms with E-state index in [2.05, 4.69) is 15.5 Å². The predicted octanol–water partition coefficient (Wildman–Crippen LogP) is 1.29. The zero-order valence-corrected chi connectivity index (χ0v) is 12.4. The van der Waals surface area contributed by atoms with E-state index < -0.39 is 0 Å². The predicted molar refractivity (Wildman–Crippen MR) is 85.1 cm³/mol. The average Bonchev–Trinajstić information content (AvgIpc) is 3.06. The molecule has 2 N–H and O–H groups in total. The van der Waals surface area contributed by atoms with E-state index in [1.807, 2.05) is 12.1 Å². The van der Waals surface area contributed by atoms with E-state index in [4.69, 9.17) is 0 Å². The van der Waals surface area contributed by atoms with Crippen LogP contribution >= 0.6 is 0 Å². The van der Waals surface area contributed by atoms with Gasteiger partial charge in [-0.05, 0) is 35.6 Å². The molecule has 3 aliphatic heterocycles. The van der Waals surface area contributed by atoms with Crippen molar-refractivity contribution in [2.45, 2.75) is 12.5 Å². The summed E-state index contributed by atoms with van der Waals surface area (Å²) < 4.78 is 0. The largest absolute Gasteiger partial charge is 0.371 e. The molecule has 1 atom stereocenters. The van der Waals surface area contributed by atoms with Crippen molar-refractivity contribution in [2.24, 2.45) is 5.92 Å². The Labute approximate surface area is 129 Å². The van der Waals surface area contributed by atoms with Crippen LogP contribution in [0.3, 0.4) is 0 Å². The molecular weight excluding hydrogens is 280 g/mol. The number of nitro groups is 1. The highest BCUT2D eigenvalue weighted by atomic mass is 16.6. The molecule has 6 nitrogen and oxygen atoms in total. The van der Waals surface area contributed by atoms with Gasteiger partial charge in [-0.25, -0.2) is 0 Å². The molecule has 3 heterocycles. The SMILES string of the molecule is O=[N+]([O-])c1ccc(N2CC(CC3NCC4=C3CNC4)C2)cc1. The summed E-state index contributed by atoms with van der Waals surface area (Å²) in [6.45, 7) is 5.24. The second-order valence-corrected chi connectivity index (χ2v) is 6.45. The molecule has 6 heteroatoms. The minimum absolute atomic E-state index is 0.157. The smallest absolute Gasteiger partial charge is 0.269 e. The number of non-ortho nitro benzene ring substituents is 1. The topological polar surface area (TPSA) is 70.4 Å². The van der Waals surface area contributed by atoms with Gasteiger partial charge in [0, 0.05) is 56.6 Å². The van der Waals surface area contributed by atoms with Crippen LogP contribution in [0.1, 0.15) is 6.42 Å². The van der Waals surface area contributed by atoms with Crippen molar-refractivity contribution in [1.82, 2.24) is 10.6 Å². The van der Waals surface area contributed by atoms with E-state index in [0.29, 0.717) is 12.0 Å². The number of benzene rings is 1. The molecule has 1 fully saturated rings. The first-order valence-corrected chi connectivity index (χ1v) is 7.85. The van der Waals surface area contributed by atoms with Crippen LogP contribution in [-0.4, -0.2) is 43.7 Å². The van der Waals surface area contributed by atoms with Gasteiger partial charge in [0.05, 0.1) is 4.92 Å². The van der Waals surface area contributed by atoms with E-state index in [-0.39, 0.29) is 10.6 Å². The lowest BCUT2D eigenvalue weighted by atomic mass is 9.89. The molecule has 0 amide bonds. The van der Waals surface area contributed by atoms with E-state index in [1.165, 1.54) is 6.42 Å². The first kappa shape index (κ1) is 13.7. The van der Waals surface area contributed by atoms with Gasteiger partial charge >= 0.3 is 0 Å². The summed E-state index contributed by atoms with van der Waals surface area (Å²) >= 11 is 0. The Hall–Kier alpha value is -1.92. The zero-order valence-electron chi connectivity index (χ0n) is 12.4. The number of nitro benzene ring substituents is 1. The molecule has 22 heavy (non-hydrogen) atoms. The van der Waals surface area contributed by atoms with E-state index >= 15 is 0 Å². The number of nitrogens with zero attached hydrogens (tertiary/aromatic N) is 2. The highest BCUT2D eigenvalue weighted by Crippen LogP contribution is 2.31. The number of nitrogens with one attached hydrogen (secondary N) is 2. The molecule has 1 unspecified atom stereocenters. The summed E-state index contributed by atoms with van der Waals surface area (Å²) in [4.78, 5) is 12.6. The summed E-state index contributed by atoms with van der Waals surface area (Å²) in [5, 5.41) is 17.7. The molecule has 1 aromatic rings. The molecular formula is C16H20N4O2. The fourth-order valence-electron chi connectivity index (χ4n) is 3.78. The quantitative estimate of drug-likeness (QED) is 0.498. The Kier molecular flexibility index (Phi) is 3.35. The summed E-state index contributed by atoms with van der Waals surface area (Å²) in [6.07, 6.45) is 1.20. The third-order valence-corrected chi connectivity index (χ3v) is 5.04. The fourth-order valence-corrected chi connectivity index (χ4v) is 3.78. The molecule has 0 spiro atoms. The lowest BCUT2D eigenvalue weighted by molar-refractivity contribution is -0.384. The molecule has 3 aliphatic rings. The van der Waals surface area contributed by atoms with E-state index in [9.17, 15) is 10.1 Å². The Balaban J connectivity index is 1.32. The van der Waals surface area contributed by atoms with Gasteiger partial charge in [-0.1, -0.05) is 0 Å². The van der Waals surface area contributed by atoms with Crippen LogP contribution in [0.4, 0.5) is 11.4 Å². The molecule has 0 radical (unpaired) electrons. The van der Waals surface area contributed by atoms with Gasteiger partial charge in [0.15, 0.2) is 0 Å². The van der Waals surface area contributed by atoms with Crippen molar-refractivity contribution in [3.63, 3.8) is 0 Å². The zero-order chi connectivity index (χ0) is 15.1. The normalized spacial score (nSPS) is 24.5. The van der Waals surface area contributed by atoms with Gasteiger partial charge in [0.2, 0.25) is 0 Å². The maximum Gasteiger partial charge on any atom is 0.269 e. The molecule has 0 saturated carbocycles. The average molecular weight is 300 g/mol. The number of hydrogen-bond donors (Lipinski definition) is 2.